The largest absolute Gasteiger partial charge is 0.394 e. The fourth-order valence-corrected chi connectivity index (χ4v) is 2.27. The first-order chi connectivity index (χ1) is 10.4. The van der Waals surface area contributed by atoms with E-state index in [9.17, 15) is 15.3 Å². The Balaban J connectivity index is 2.08. The summed E-state index contributed by atoms with van der Waals surface area (Å²) in [4.78, 5) is 6.07. The molecule has 0 amide bonds. The SMILES string of the molecule is CN(C)c1ccc(C=N[C@H]2[C@H](O)[C@H](O)[C@@H](CO)O[C@H]2O)cc1. The molecule has 4 N–H and O–H groups in total. The molecule has 7 heteroatoms. The van der Waals surface area contributed by atoms with Crippen LogP contribution in [0.15, 0.2) is 29.3 Å². The van der Waals surface area contributed by atoms with E-state index >= 15 is 0 Å². The number of aliphatic imine (C=N–C) groups is 1. The molecule has 0 spiro atoms. The van der Waals surface area contributed by atoms with Crippen LogP contribution in [0, 0.1) is 0 Å². The number of anilines is 1. The molecule has 7 nitrogen and oxygen atoms in total. The molecule has 1 aliphatic heterocycles. The highest BCUT2D eigenvalue weighted by molar-refractivity contribution is 5.80. The van der Waals surface area contributed by atoms with E-state index in [2.05, 4.69) is 4.99 Å². The van der Waals surface area contributed by atoms with Crippen molar-refractivity contribution in [3.63, 3.8) is 0 Å². The van der Waals surface area contributed by atoms with Crippen molar-refractivity contribution in [2.24, 2.45) is 4.99 Å². The fraction of sp³-hybridized carbons (Fsp3) is 0.533. The van der Waals surface area contributed by atoms with Gasteiger partial charge in [-0.1, -0.05) is 12.1 Å². The zero-order valence-electron chi connectivity index (χ0n) is 12.6. The van der Waals surface area contributed by atoms with Crippen molar-refractivity contribution < 1.29 is 25.2 Å². The van der Waals surface area contributed by atoms with Gasteiger partial charge < -0.3 is 30.1 Å². The number of ether oxygens (including phenoxy) is 1. The van der Waals surface area contributed by atoms with E-state index in [0.29, 0.717) is 0 Å². The van der Waals surface area contributed by atoms with Crippen LogP contribution >= 0.6 is 0 Å². The van der Waals surface area contributed by atoms with E-state index in [1.807, 2.05) is 43.3 Å². The third-order valence-electron chi connectivity index (χ3n) is 3.67. The molecule has 122 valence electrons. The fourth-order valence-electron chi connectivity index (χ4n) is 2.27. The molecular weight excluding hydrogens is 288 g/mol. The summed E-state index contributed by atoms with van der Waals surface area (Å²) in [6.07, 6.45) is -3.50. The van der Waals surface area contributed by atoms with Crippen LogP contribution in [-0.4, -0.2) is 78.0 Å². The number of aliphatic hydroxyl groups excluding tert-OH is 4. The number of hydrogen-bond acceptors (Lipinski definition) is 7. The van der Waals surface area contributed by atoms with Gasteiger partial charge in [0, 0.05) is 26.0 Å². The maximum atomic E-state index is 9.98. The molecule has 0 bridgehead atoms. The summed E-state index contributed by atoms with van der Waals surface area (Å²) < 4.78 is 5.04. The van der Waals surface area contributed by atoms with Gasteiger partial charge in [0.05, 0.1) is 6.61 Å². The molecule has 1 aromatic carbocycles. The van der Waals surface area contributed by atoms with E-state index < -0.39 is 37.3 Å². The molecule has 2 rings (SSSR count). The summed E-state index contributed by atoms with van der Waals surface area (Å²) in [5, 5.41) is 38.6. The van der Waals surface area contributed by atoms with E-state index in [0.717, 1.165) is 11.3 Å². The monoisotopic (exact) mass is 310 g/mol. The minimum atomic E-state index is -1.38. The zero-order valence-corrected chi connectivity index (χ0v) is 12.6. The predicted octanol–water partition coefficient (Wildman–Crippen LogP) is -1.03. The minimum Gasteiger partial charge on any atom is -0.394 e. The lowest BCUT2D eigenvalue weighted by Gasteiger charge is -2.38. The van der Waals surface area contributed by atoms with Crippen molar-refractivity contribution in [1.29, 1.82) is 0 Å². The Bertz CT molecular complexity index is 505. The van der Waals surface area contributed by atoms with Gasteiger partial charge >= 0.3 is 0 Å². The molecule has 1 saturated heterocycles. The number of nitrogens with zero attached hydrogens (tertiary/aromatic N) is 2. The summed E-state index contributed by atoms with van der Waals surface area (Å²) in [7, 11) is 3.88. The van der Waals surface area contributed by atoms with Crippen LogP contribution < -0.4 is 4.90 Å². The summed E-state index contributed by atoms with van der Waals surface area (Å²) in [6.45, 7) is -0.488. The van der Waals surface area contributed by atoms with Gasteiger partial charge in [-0.3, -0.25) is 4.99 Å². The van der Waals surface area contributed by atoms with E-state index in [4.69, 9.17) is 9.84 Å². The first kappa shape index (κ1) is 16.9. The normalized spacial score (nSPS) is 32.4. The van der Waals surface area contributed by atoms with Crippen LogP contribution in [0.2, 0.25) is 0 Å². The van der Waals surface area contributed by atoms with Crippen LogP contribution in [0.1, 0.15) is 5.56 Å². The smallest absolute Gasteiger partial charge is 0.180 e. The van der Waals surface area contributed by atoms with Crippen molar-refractivity contribution in [1.82, 2.24) is 0 Å². The van der Waals surface area contributed by atoms with Crippen molar-refractivity contribution in [3.05, 3.63) is 29.8 Å². The van der Waals surface area contributed by atoms with Crippen LogP contribution in [0.5, 0.6) is 0 Å². The number of rotatable bonds is 4. The minimum absolute atomic E-state index is 0.488. The number of benzene rings is 1. The quantitative estimate of drug-likeness (QED) is 0.530. The standard InChI is InChI=1S/C15H22N2O5/c1-17(2)10-5-3-9(4-6-10)7-16-12-14(20)13(19)11(8-18)22-15(12)21/h3-7,11-15,18-21H,8H2,1-2H3/t11-,12+,13-,14+,15-/m1/s1. The van der Waals surface area contributed by atoms with Crippen LogP contribution in [-0.2, 0) is 4.74 Å². The average molecular weight is 310 g/mol. The zero-order chi connectivity index (χ0) is 16.3. The van der Waals surface area contributed by atoms with Gasteiger partial charge in [0.1, 0.15) is 24.4 Å². The van der Waals surface area contributed by atoms with Crippen molar-refractivity contribution >= 4 is 11.9 Å². The molecule has 0 aliphatic carbocycles. The third kappa shape index (κ3) is 3.63. The molecule has 1 fully saturated rings. The molecule has 22 heavy (non-hydrogen) atoms. The molecule has 0 radical (unpaired) electrons. The van der Waals surface area contributed by atoms with Crippen LogP contribution in [0.4, 0.5) is 5.69 Å². The van der Waals surface area contributed by atoms with Crippen molar-refractivity contribution in [3.8, 4) is 0 Å². The summed E-state index contributed by atoms with van der Waals surface area (Å²) in [5.41, 5.74) is 1.84. The summed E-state index contributed by atoms with van der Waals surface area (Å²) >= 11 is 0. The Hall–Kier alpha value is -1.51. The molecule has 1 aliphatic rings. The second-order valence-corrected chi connectivity index (χ2v) is 5.48. The maximum absolute atomic E-state index is 9.98. The van der Waals surface area contributed by atoms with Crippen LogP contribution in [0.25, 0.3) is 0 Å². The van der Waals surface area contributed by atoms with Gasteiger partial charge in [0.2, 0.25) is 0 Å². The van der Waals surface area contributed by atoms with E-state index in [1.165, 1.54) is 6.21 Å². The number of aliphatic hydroxyl groups is 4. The first-order valence-corrected chi connectivity index (χ1v) is 7.05. The first-order valence-electron chi connectivity index (χ1n) is 7.05. The van der Waals surface area contributed by atoms with Crippen LogP contribution in [0.3, 0.4) is 0 Å². The lowest BCUT2D eigenvalue weighted by molar-refractivity contribution is -0.248. The molecular formula is C15H22N2O5. The Kier molecular flexibility index (Phi) is 5.49. The lowest BCUT2D eigenvalue weighted by atomic mass is 9.97. The predicted molar refractivity (Wildman–Crippen MR) is 82.1 cm³/mol. The lowest BCUT2D eigenvalue weighted by Crippen LogP contribution is -2.57. The number of hydrogen-bond donors (Lipinski definition) is 4. The second kappa shape index (κ2) is 7.17. The Morgan fingerprint density at radius 3 is 2.32 bits per heavy atom. The summed E-state index contributed by atoms with van der Waals surface area (Å²) in [5.74, 6) is 0. The summed E-state index contributed by atoms with van der Waals surface area (Å²) in [6, 6.07) is 6.54. The highest BCUT2D eigenvalue weighted by Crippen LogP contribution is 2.22. The second-order valence-electron chi connectivity index (χ2n) is 5.48. The average Bonchev–Trinajstić information content (AvgIpc) is 2.51. The Morgan fingerprint density at radius 1 is 1.14 bits per heavy atom. The van der Waals surface area contributed by atoms with Crippen molar-refractivity contribution in [2.75, 3.05) is 25.6 Å². The van der Waals surface area contributed by atoms with Gasteiger partial charge in [0.15, 0.2) is 6.29 Å². The van der Waals surface area contributed by atoms with Gasteiger partial charge in [-0.25, -0.2) is 0 Å². The molecule has 1 aromatic rings. The topological polar surface area (TPSA) is 106 Å². The van der Waals surface area contributed by atoms with Gasteiger partial charge in [0.25, 0.3) is 0 Å². The molecule has 1 heterocycles. The van der Waals surface area contributed by atoms with Crippen molar-refractivity contribution in [2.45, 2.75) is 30.6 Å². The van der Waals surface area contributed by atoms with Gasteiger partial charge in [-0.2, -0.15) is 0 Å². The van der Waals surface area contributed by atoms with E-state index in [-0.39, 0.29) is 0 Å². The molecule has 0 aromatic heterocycles. The Morgan fingerprint density at radius 2 is 1.77 bits per heavy atom. The van der Waals surface area contributed by atoms with Gasteiger partial charge in [-0.15, -0.1) is 0 Å². The van der Waals surface area contributed by atoms with Gasteiger partial charge in [-0.05, 0) is 17.7 Å². The molecule has 0 saturated carbocycles. The molecule has 5 atom stereocenters. The Labute approximate surface area is 129 Å². The third-order valence-corrected chi connectivity index (χ3v) is 3.67. The highest BCUT2D eigenvalue weighted by Gasteiger charge is 2.43. The highest BCUT2D eigenvalue weighted by atomic mass is 16.6. The molecule has 0 unspecified atom stereocenters. The maximum Gasteiger partial charge on any atom is 0.180 e. The van der Waals surface area contributed by atoms with E-state index in [1.54, 1.807) is 0 Å².